The molecule has 0 aliphatic rings. The molecule has 18 heavy (non-hydrogen) atoms. The van der Waals surface area contributed by atoms with E-state index in [1.165, 1.54) is 12.1 Å². The summed E-state index contributed by atoms with van der Waals surface area (Å²) in [5.74, 6) is -1.80. The molecular formula is C11H10N2O4S. The molecule has 1 N–H and O–H groups in total. The van der Waals surface area contributed by atoms with Gasteiger partial charge in [-0.1, -0.05) is 18.3 Å². The first-order valence-electron chi connectivity index (χ1n) is 5.20. The van der Waals surface area contributed by atoms with Gasteiger partial charge in [-0.15, -0.1) is 5.10 Å². The molecule has 0 aliphatic heterocycles. The molecular weight excluding hydrogens is 256 g/mol. The maximum atomic E-state index is 12.1. The zero-order valence-electron chi connectivity index (χ0n) is 9.71. The Morgan fingerprint density at radius 2 is 2.00 bits per heavy atom. The lowest BCUT2D eigenvalue weighted by molar-refractivity contribution is 0.0660. The summed E-state index contributed by atoms with van der Waals surface area (Å²) in [4.78, 5) is 23.2. The summed E-state index contributed by atoms with van der Waals surface area (Å²) in [5, 5.41) is 12.6. The predicted molar refractivity (Wildman–Crippen MR) is 63.1 cm³/mol. The monoisotopic (exact) mass is 266 g/mol. The molecule has 0 amide bonds. The Hall–Kier alpha value is -2.02. The number of hydrogen-bond acceptors (Lipinski definition) is 6. The van der Waals surface area contributed by atoms with Gasteiger partial charge in [-0.05, 0) is 29.6 Å². The van der Waals surface area contributed by atoms with Gasteiger partial charge >= 0.3 is 5.97 Å². The van der Waals surface area contributed by atoms with E-state index in [2.05, 4.69) is 9.59 Å². The van der Waals surface area contributed by atoms with Gasteiger partial charge in [0.25, 0.3) is 0 Å². The standard InChI is InChI=1S/C11H10N2O4S/c1-5(2)8-10(18-13-12-8)9(14)6-3-4-7(17-6)11(15)16/h3-5H,1-2H3,(H,15,16). The molecule has 2 aromatic rings. The summed E-state index contributed by atoms with van der Waals surface area (Å²) in [7, 11) is 0. The average Bonchev–Trinajstić information content (AvgIpc) is 2.97. The molecule has 0 saturated carbocycles. The van der Waals surface area contributed by atoms with Gasteiger partial charge in [-0.3, -0.25) is 4.79 Å². The molecule has 2 rings (SSSR count). The van der Waals surface area contributed by atoms with E-state index in [1.807, 2.05) is 13.8 Å². The van der Waals surface area contributed by atoms with Gasteiger partial charge in [0, 0.05) is 0 Å². The molecule has 7 heteroatoms. The lowest BCUT2D eigenvalue weighted by atomic mass is 10.1. The van der Waals surface area contributed by atoms with Crippen LogP contribution in [0.15, 0.2) is 16.5 Å². The molecule has 0 bridgehead atoms. The summed E-state index contributed by atoms with van der Waals surface area (Å²) in [6.45, 7) is 3.80. The van der Waals surface area contributed by atoms with E-state index in [0.717, 1.165) is 11.5 Å². The van der Waals surface area contributed by atoms with Crippen LogP contribution in [0.25, 0.3) is 0 Å². The van der Waals surface area contributed by atoms with Crippen LogP contribution in [0.2, 0.25) is 0 Å². The molecule has 0 radical (unpaired) electrons. The maximum Gasteiger partial charge on any atom is 0.371 e. The third-order valence-corrected chi connectivity index (χ3v) is 3.05. The van der Waals surface area contributed by atoms with Crippen LogP contribution in [-0.4, -0.2) is 26.4 Å². The quantitative estimate of drug-likeness (QED) is 0.852. The number of aromatic carboxylic acids is 1. The van der Waals surface area contributed by atoms with Crippen LogP contribution in [0.4, 0.5) is 0 Å². The van der Waals surface area contributed by atoms with Gasteiger partial charge in [0.2, 0.25) is 11.5 Å². The molecule has 0 aliphatic carbocycles. The Morgan fingerprint density at radius 1 is 1.33 bits per heavy atom. The van der Waals surface area contributed by atoms with Gasteiger partial charge < -0.3 is 9.52 Å². The van der Waals surface area contributed by atoms with Crippen molar-refractivity contribution in [1.29, 1.82) is 0 Å². The second-order valence-corrected chi connectivity index (χ2v) is 4.69. The normalized spacial score (nSPS) is 10.8. The van der Waals surface area contributed by atoms with Crippen molar-refractivity contribution >= 4 is 23.3 Å². The second-order valence-electron chi connectivity index (χ2n) is 3.94. The highest BCUT2D eigenvalue weighted by molar-refractivity contribution is 7.08. The molecule has 2 heterocycles. The minimum atomic E-state index is -1.21. The van der Waals surface area contributed by atoms with Crippen molar-refractivity contribution in [2.45, 2.75) is 19.8 Å². The van der Waals surface area contributed by atoms with Crippen molar-refractivity contribution in [2.75, 3.05) is 0 Å². The molecule has 2 aromatic heterocycles. The van der Waals surface area contributed by atoms with Crippen LogP contribution in [0.1, 0.15) is 51.4 Å². The lowest BCUT2D eigenvalue weighted by Gasteiger charge is -2.01. The Kier molecular flexibility index (Phi) is 3.24. The molecule has 0 unspecified atom stereocenters. The third-order valence-electron chi connectivity index (χ3n) is 2.31. The van der Waals surface area contributed by atoms with Crippen molar-refractivity contribution in [3.63, 3.8) is 0 Å². The Labute approximate surface area is 106 Å². The molecule has 0 aromatic carbocycles. The molecule has 94 valence electrons. The van der Waals surface area contributed by atoms with E-state index in [-0.39, 0.29) is 23.2 Å². The predicted octanol–water partition coefficient (Wildman–Crippen LogP) is 2.18. The molecule has 0 spiro atoms. The van der Waals surface area contributed by atoms with E-state index in [1.54, 1.807) is 0 Å². The van der Waals surface area contributed by atoms with Gasteiger partial charge in [0.05, 0.1) is 5.69 Å². The third kappa shape index (κ3) is 2.17. The Bertz CT molecular complexity index is 600. The number of carbonyl (C=O) groups is 2. The van der Waals surface area contributed by atoms with Gasteiger partial charge in [0.15, 0.2) is 5.76 Å². The van der Waals surface area contributed by atoms with Crippen LogP contribution in [0.3, 0.4) is 0 Å². The van der Waals surface area contributed by atoms with Crippen LogP contribution < -0.4 is 0 Å². The average molecular weight is 266 g/mol. The van der Waals surface area contributed by atoms with Crippen molar-refractivity contribution in [3.05, 3.63) is 34.2 Å². The van der Waals surface area contributed by atoms with E-state index < -0.39 is 5.97 Å². The molecule has 6 nitrogen and oxygen atoms in total. The fraction of sp³-hybridized carbons (Fsp3) is 0.273. The minimum absolute atomic E-state index is 0.0136. The highest BCUT2D eigenvalue weighted by atomic mass is 32.1. The van der Waals surface area contributed by atoms with Gasteiger partial charge in [0.1, 0.15) is 4.88 Å². The van der Waals surface area contributed by atoms with E-state index in [4.69, 9.17) is 9.52 Å². The van der Waals surface area contributed by atoms with Crippen LogP contribution in [-0.2, 0) is 0 Å². The second kappa shape index (κ2) is 4.69. The number of rotatable bonds is 4. The van der Waals surface area contributed by atoms with Crippen molar-refractivity contribution < 1.29 is 19.1 Å². The van der Waals surface area contributed by atoms with Crippen molar-refractivity contribution in [1.82, 2.24) is 9.59 Å². The summed E-state index contributed by atoms with van der Waals surface area (Å²) in [6, 6.07) is 2.59. The summed E-state index contributed by atoms with van der Waals surface area (Å²) in [5.41, 5.74) is 0.596. The van der Waals surface area contributed by atoms with Crippen molar-refractivity contribution in [2.24, 2.45) is 0 Å². The largest absolute Gasteiger partial charge is 0.475 e. The van der Waals surface area contributed by atoms with Crippen LogP contribution in [0, 0.1) is 0 Å². The summed E-state index contributed by atoms with van der Waals surface area (Å²) < 4.78 is 8.71. The molecule has 0 atom stereocenters. The number of furan rings is 1. The smallest absolute Gasteiger partial charge is 0.371 e. The highest BCUT2D eigenvalue weighted by Gasteiger charge is 2.23. The lowest BCUT2D eigenvalue weighted by Crippen LogP contribution is -2.03. The fourth-order valence-electron chi connectivity index (χ4n) is 1.42. The minimum Gasteiger partial charge on any atom is -0.475 e. The first-order valence-corrected chi connectivity index (χ1v) is 5.98. The SMILES string of the molecule is CC(C)c1nnsc1C(=O)c1ccc(C(=O)O)o1. The fourth-order valence-corrected chi connectivity index (χ4v) is 2.18. The van der Waals surface area contributed by atoms with E-state index in [9.17, 15) is 9.59 Å². The Morgan fingerprint density at radius 3 is 2.56 bits per heavy atom. The molecule has 0 fully saturated rings. The number of aromatic nitrogens is 2. The summed E-state index contributed by atoms with van der Waals surface area (Å²) in [6.07, 6.45) is 0. The highest BCUT2D eigenvalue weighted by Crippen LogP contribution is 2.23. The van der Waals surface area contributed by atoms with Gasteiger partial charge in [-0.25, -0.2) is 4.79 Å². The number of carbonyl (C=O) groups excluding carboxylic acids is 1. The zero-order valence-corrected chi connectivity index (χ0v) is 10.5. The maximum absolute atomic E-state index is 12.1. The van der Waals surface area contributed by atoms with Crippen molar-refractivity contribution in [3.8, 4) is 0 Å². The number of carboxylic acids is 1. The topological polar surface area (TPSA) is 93.3 Å². The number of nitrogens with zero attached hydrogens (tertiary/aromatic N) is 2. The number of hydrogen-bond donors (Lipinski definition) is 1. The zero-order chi connectivity index (χ0) is 13.3. The van der Waals surface area contributed by atoms with E-state index in [0.29, 0.717) is 10.6 Å². The first-order chi connectivity index (χ1) is 8.50. The number of carboxylic acid groups (broad SMARTS) is 1. The summed E-state index contributed by atoms with van der Waals surface area (Å²) >= 11 is 0.980. The molecule has 0 saturated heterocycles. The van der Waals surface area contributed by atoms with Crippen LogP contribution in [0.5, 0.6) is 0 Å². The van der Waals surface area contributed by atoms with Gasteiger partial charge in [-0.2, -0.15) is 0 Å². The number of ketones is 1. The van der Waals surface area contributed by atoms with Crippen LogP contribution >= 0.6 is 11.5 Å². The first kappa shape index (κ1) is 12.4. The van der Waals surface area contributed by atoms with E-state index >= 15 is 0 Å². The Balaban J connectivity index is 2.35.